The lowest BCUT2D eigenvalue weighted by atomic mass is 10.1. The van der Waals surface area contributed by atoms with Crippen molar-refractivity contribution in [3.8, 4) is 17.1 Å². The van der Waals surface area contributed by atoms with E-state index in [1.165, 1.54) is 12.1 Å². The summed E-state index contributed by atoms with van der Waals surface area (Å²) in [7, 11) is 1.55. The molecule has 0 amide bonds. The fourth-order valence-electron chi connectivity index (χ4n) is 2.55. The van der Waals surface area contributed by atoms with Crippen molar-refractivity contribution in [3.63, 3.8) is 0 Å². The van der Waals surface area contributed by atoms with E-state index in [0.717, 1.165) is 6.07 Å². The van der Waals surface area contributed by atoms with Gasteiger partial charge in [0.05, 0.1) is 18.8 Å². The number of ether oxygens (including phenoxy) is 2. The second-order valence-electron chi connectivity index (χ2n) is 6.02. The third kappa shape index (κ3) is 4.89. The molecule has 0 bridgehead atoms. The van der Waals surface area contributed by atoms with Crippen molar-refractivity contribution in [2.75, 3.05) is 13.7 Å². The molecule has 1 aromatic carbocycles. The first-order valence-corrected chi connectivity index (χ1v) is 8.45. The fraction of sp³-hybridized carbons (Fsp3) is 0.389. The predicted molar refractivity (Wildman–Crippen MR) is 90.5 cm³/mol. The summed E-state index contributed by atoms with van der Waals surface area (Å²) >= 11 is 0. The molecule has 2 heterocycles. The Morgan fingerprint density at radius 1 is 1.11 bits per heavy atom. The molecular weight excluding hydrogens is 379 g/mol. The van der Waals surface area contributed by atoms with E-state index < -0.39 is 11.7 Å². The normalized spacial score (nSPS) is 11.8. The molecule has 0 N–H and O–H groups in total. The molecule has 2 aromatic heterocycles. The maximum Gasteiger partial charge on any atom is 0.419 e. The summed E-state index contributed by atoms with van der Waals surface area (Å²) in [5.41, 5.74) is -0.0385. The van der Waals surface area contributed by atoms with E-state index in [2.05, 4.69) is 15.3 Å². The molecule has 3 aromatic rings. The van der Waals surface area contributed by atoms with Crippen LogP contribution in [0.25, 0.3) is 11.4 Å². The highest BCUT2D eigenvalue weighted by Gasteiger charge is 2.35. The monoisotopic (exact) mass is 397 g/mol. The van der Waals surface area contributed by atoms with Crippen molar-refractivity contribution in [1.82, 2.24) is 15.3 Å². The Kier molecular flexibility index (Phi) is 5.98. The SMILES string of the molecule is COCc1cc(CCCOc2ccc(-c3noc(C)n3)cc2C(F)(F)F)on1. The van der Waals surface area contributed by atoms with Crippen LogP contribution in [0.3, 0.4) is 0 Å². The van der Waals surface area contributed by atoms with Crippen LogP contribution >= 0.6 is 0 Å². The standard InChI is InChI=1S/C18H18F3N3O4/c1-11-22-17(24-27-11)12-5-6-16(15(8-12)18(19,20)21)26-7-3-4-14-9-13(10-25-2)23-28-14/h5-6,8-9H,3-4,7,10H2,1-2H3. The molecule has 28 heavy (non-hydrogen) atoms. The Hall–Kier alpha value is -2.88. The molecule has 0 saturated carbocycles. The third-order valence-corrected chi connectivity index (χ3v) is 3.80. The van der Waals surface area contributed by atoms with Crippen molar-refractivity contribution in [2.24, 2.45) is 0 Å². The number of rotatable bonds is 8. The largest absolute Gasteiger partial charge is 0.493 e. The summed E-state index contributed by atoms with van der Waals surface area (Å²) in [6.45, 7) is 1.98. The molecule has 0 unspecified atom stereocenters. The number of benzene rings is 1. The average molecular weight is 397 g/mol. The van der Waals surface area contributed by atoms with Gasteiger partial charge in [0, 0.05) is 32.1 Å². The zero-order chi connectivity index (χ0) is 20.1. The topological polar surface area (TPSA) is 83.4 Å². The number of nitrogens with zero attached hydrogens (tertiary/aromatic N) is 3. The maximum absolute atomic E-state index is 13.4. The Morgan fingerprint density at radius 2 is 1.93 bits per heavy atom. The molecule has 0 saturated heterocycles. The van der Waals surface area contributed by atoms with Gasteiger partial charge in [-0.3, -0.25) is 0 Å². The Labute approximate surface area is 158 Å². The summed E-state index contributed by atoms with van der Waals surface area (Å²) in [6.07, 6.45) is -3.63. The van der Waals surface area contributed by atoms with E-state index in [9.17, 15) is 13.2 Å². The minimum atomic E-state index is -4.58. The molecule has 150 valence electrons. The van der Waals surface area contributed by atoms with Crippen LogP contribution in [-0.4, -0.2) is 29.0 Å². The van der Waals surface area contributed by atoms with Gasteiger partial charge in [-0.05, 0) is 24.6 Å². The first-order chi connectivity index (χ1) is 13.4. The van der Waals surface area contributed by atoms with E-state index >= 15 is 0 Å². The highest BCUT2D eigenvalue weighted by molar-refractivity contribution is 5.59. The van der Waals surface area contributed by atoms with Gasteiger partial charge in [-0.1, -0.05) is 10.3 Å². The van der Waals surface area contributed by atoms with Crippen LogP contribution in [0, 0.1) is 6.92 Å². The van der Waals surface area contributed by atoms with Gasteiger partial charge < -0.3 is 18.5 Å². The minimum Gasteiger partial charge on any atom is -0.493 e. The predicted octanol–water partition coefficient (Wildman–Crippen LogP) is 4.21. The van der Waals surface area contributed by atoms with Crippen LogP contribution in [0.4, 0.5) is 13.2 Å². The third-order valence-electron chi connectivity index (χ3n) is 3.80. The molecule has 0 fully saturated rings. The first-order valence-electron chi connectivity index (χ1n) is 8.45. The zero-order valence-corrected chi connectivity index (χ0v) is 15.2. The maximum atomic E-state index is 13.4. The first kappa shape index (κ1) is 19.9. The summed E-state index contributed by atoms with van der Waals surface area (Å²) in [5.74, 6) is 0.723. The molecule has 0 spiro atoms. The van der Waals surface area contributed by atoms with E-state index in [4.69, 9.17) is 18.5 Å². The second-order valence-corrected chi connectivity index (χ2v) is 6.02. The Balaban J connectivity index is 1.65. The van der Waals surface area contributed by atoms with Crippen molar-refractivity contribution in [2.45, 2.75) is 32.5 Å². The van der Waals surface area contributed by atoms with Crippen molar-refractivity contribution >= 4 is 0 Å². The van der Waals surface area contributed by atoms with Gasteiger partial charge in [0.1, 0.15) is 17.2 Å². The van der Waals surface area contributed by atoms with Crippen LogP contribution in [0.5, 0.6) is 5.75 Å². The lowest BCUT2D eigenvalue weighted by Crippen LogP contribution is -2.10. The highest BCUT2D eigenvalue weighted by Crippen LogP contribution is 2.38. The van der Waals surface area contributed by atoms with Crippen molar-refractivity contribution in [1.29, 1.82) is 0 Å². The van der Waals surface area contributed by atoms with Gasteiger partial charge in [0.25, 0.3) is 0 Å². The molecule has 0 aliphatic heterocycles. The van der Waals surface area contributed by atoms with Gasteiger partial charge in [-0.2, -0.15) is 18.2 Å². The number of methoxy groups -OCH3 is 1. The number of aromatic nitrogens is 3. The van der Waals surface area contributed by atoms with Crippen LogP contribution in [0.2, 0.25) is 0 Å². The number of alkyl halides is 3. The molecule has 0 radical (unpaired) electrons. The summed E-state index contributed by atoms with van der Waals surface area (Å²) in [5, 5.41) is 7.46. The minimum absolute atomic E-state index is 0.0874. The van der Waals surface area contributed by atoms with Crippen molar-refractivity contribution < 1.29 is 31.7 Å². The molecule has 0 aliphatic rings. The van der Waals surface area contributed by atoms with Crippen LogP contribution in [0.15, 0.2) is 33.3 Å². The van der Waals surface area contributed by atoms with Crippen LogP contribution in [0.1, 0.15) is 29.3 Å². The van der Waals surface area contributed by atoms with Crippen LogP contribution in [-0.2, 0) is 23.9 Å². The molecule has 0 atom stereocenters. The van der Waals surface area contributed by atoms with Gasteiger partial charge in [0.15, 0.2) is 0 Å². The van der Waals surface area contributed by atoms with Crippen molar-refractivity contribution in [3.05, 3.63) is 47.2 Å². The number of halogens is 3. The lowest BCUT2D eigenvalue weighted by Gasteiger charge is -2.14. The van der Waals surface area contributed by atoms with E-state index in [1.54, 1.807) is 20.1 Å². The Bertz CT molecular complexity index is 921. The summed E-state index contributed by atoms with van der Waals surface area (Å²) in [4.78, 5) is 3.95. The Morgan fingerprint density at radius 3 is 2.61 bits per heavy atom. The van der Waals surface area contributed by atoms with Gasteiger partial charge in [0.2, 0.25) is 11.7 Å². The molecular formula is C18H18F3N3O4. The summed E-state index contributed by atoms with van der Waals surface area (Å²) in [6, 6.07) is 5.41. The lowest BCUT2D eigenvalue weighted by molar-refractivity contribution is -0.138. The highest BCUT2D eigenvalue weighted by atomic mass is 19.4. The van der Waals surface area contributed by atoms with Crippen LogP contribution < -0.4 is 4.74 Å². The summed E-state index contributed by atoms with van der Waals surface area (Å²) < 4.78 is 60.5. The molecule has 7 nitrogen and oxygen atoms in total. The number of hydrogen-bond donors (Lipinski definition) is 0. The van der Waals surface area contributed by atoms with E-state index in [0.29, 0.717) is 30.9 Å². The smallest absolute Gasteiger partial charge is 0.419 e. The van der Waals surface area contributed by atoms with E-state index in [1.807, 2.05) is 0 Å². The second kappa shape index (κ2) is 8.42. The molecule has 0 aliphatic carbocycles. The number of hydrogen-bond acceptors (Lipinski definition) is 7. The zero-order valence-electron chi connectivity index (χ0n) is 15.2. The van der Waals surface area contributed by atoms with Gasteiger partial charge in [-0.25, -0.2) is 0 Å². The quantitative estimate of drug-likeness (QED) is 0.527. The average Bonchev–Trinajstić information content (AvgIpc) is 3.27. The van der Waals surface area contributed by atoms with Gasteiger partial charge in [-0.15, -0.1) is 0 Å². The molecule has 3 rings (SSSR count). The van der Waals surface area contributed by atoms with E-state index in [-0.39, 0.29) is 29.6 Å². The fourth-order valence-corrected chi connectivity index (χ4v) is 2.55. The number of aryl methyl sites for hydroxylation is 2. The van der Waals surface area contributed by atoms with Gasteiger partial charge >= 0.3 is 6.18 Å². The molecule has 10 heteroatoms.